The lowest BCUT2D eigenvalue weighted by Gasteiger charge is -2.22. The minimum atomic E-state index is -0.407. The van der Waals surface area contributed by atoms with Crippen molar-refractivity contribution in [3.8, 4) is 39.7 Å². The number of aryl methyl sites for hydroxylation is 1. The topological polar surface area (TPSA) is 131 Å². The van der Waals surface area contributed by atoms with Crippen LogP contribution in [0.5, 0.6) is 0 Å². The largest absolute Gasteiger partial charge is 0.323 e. The van der Waals surface area contributed by atoms with Crippen LogP contribution in [-0.2, 0) is 11.8 Å². The summed E-state index contributed by atoms with van der Waals surface area (Å²) in [7, 11) is 1.82. The van der Waals surface area contributed by atoms with Crippen LogP contribution < -0.4 is 10.9 Å². The molecule has 0 radical (unpaired) electrons. The van der Waals surface area contributed by atoms with Crippen molar-refractivity contribution in [2.75, 3.05) is 5.32 Å². The van der Waals surface area contributed by atoms with E-state index in [9.17, 15) is 14.9 Å². The Bertz CT molecular complexity index is 1960. The highest BCUT2D eigenvalue weighted by Crippen LogP contribution is 2.35. The molecule has 2 bridgehead atoms. The number of nitrogens with one attached hydrogen (secondary N) is 1. The Kier molecular flexibility index (Phi) is 7.57. The first-order valence-corrected chi connectivity index (χ1v) is 14.2. The minimum Gasteiger partial charge on any atom is -0.323 e. The van der Waals surface area contributed by atoms with Crippen LogP contribution in [0.1, 0.15) is 43.5 Å². The lowest BCUT2D eigenvalue weighted by molar-refractivity contribution is -0.119. The molecule has 0 saturated carbocycles. The van der Waals surface area contributed by atoms with E-state index in [0.29, 0.717) is 58.1 Å². The summed E-state index contributed by atoms with van der Waals surface area (Å²) in [5.41, 5.74) is 5.65. The average Bonchev–Trinajstić information content (AvgIpc) is 3.38. The van der Waals surface area contributed by atoms with Crippen LogP contribution in [0.25, 0.3) is 33.6 Å². The number of anilines is 1. The van der Waals surface area contributed by atoms with Crippen molar-refractivity contribution in [2.24, 2.45) is 13.0 Å². The van der Waals surface area contributed by atoms with Gasteiger partial charge in [0.15, 0.2) is 0 Å². The molecule has 0 fully saturated rings. The zero-order valence-electron chi connectivity index (χ0n) is 23.5. The standard InChI is InChI=1S/C32H27ClN8O2/c1-19-4-3-5-29(27-11-21(8-9-36-27)31-28(39-32(19)43)17-38-40(31)2)41-18-37-26(13-30(41)42)25-12-23(33)6-7-24(25)22-10-20(14-34)15-35-16-22/h6-13,15-19,29H,3-5H2,1-2H3,(H,39,43). The normalized spacial score (nSPS) is 16.7. The molecule has 1 aromatic carbocycles. The second-order valence-electron chi connectivity index (χ2n) is 10.6. The maximum absolute atomic E-state index is 13.8. The molecule has 43 heavy (non-hydrogen) atoms. The number of hydrogen-bond donors (Lipinski definition) is 1. The summed E-state index contributed by atoms with van der Waals surface area (Å²) in [6.45, 7) is 1.90. The third-order valence-electron chi connectivity index (χ3n) is 7.76. The van der Waals surface area contributed by atoms with Gasteiger partial charge >= 0.3 is 0 Å². The fourth-order valence-electron chi connectivity index (χ4n) is 5.50. The molecule has 1 amide bonds. The molecule has 2 unspecified atom stereocenters. The summed E-state index contributed by atoms with van der Waals surface area (Å²) in [6, 6.07) is 14.1. The van der Waals surface area contributed by atoms with Crippen LogP contribution >= 0.6 is 11.6 Å². The van der Waals surface area contributed by atoms with E-state index in [1.165, 1.54) is 12.3 Å². The van der Waals surface area contributed by atoms with Gasteiger partial charge in [-0.1, -0.05) is 31.0 Å². The molecule has 5 aromatic rings. The van der Waals surface area contributed by atoms with E-state index < -0.39 is 6.04 Å². The van der Waals surface area contributed by atoms with Crippen LogP contribution in [0, 0.1) is 17.2 Å². The number of fused-ring (bicyclic) bond motifs is 4. The van der Waals surface area contributed by atoms with Gasteiger partial charge in [0.25, 0.3) is 5.56 Å². The lowest BCUT2D eigenvalue weighted by Crippen LogP contribution is -2.27. The molecule has 10 nitrogen and oxygen atoms in total. The van der Waals surface area contributed by atoms with Crippen molar-refractivity contribution < 1.29 is 4.79 Å². The molecule has 1 aliphatic heterocycles. The molecule has 6 rings (SSSR count). The van der Waals surface area contributed by atoms with Gasteiger partial charge in [-0.15, -0.1) is 0 Å². The lowest BCUT2D eigenvalue weighted by atomic mass is 9.96. The Morgan fingerprint density at radius 1 is 1.00 bits per heavy atom. The predicted octanol–water partition coefficient (Wildman–Crippen LogP) is 5.64. The smallest absolute Gasteiger partial charge is 0.254 e. The monoisotopic (exact) mass is 590 g/mol. The molecule has 11 heteroatoms. The van der Waals surface area contributed by atoms with Gasteiger partial charge < -0.3 is 5.32 Å². The van der Waals surface area contributed by atoms with E-state index >= 15 is 0 Å². The third kappa shape index (κ3) is 5.55. The summed E-state index contributed by atoms with van der Waals surface area (Å²) in [4.78, 5) is 40.3. The Labute approximate surface area is 252 Å². The summed E-state index contributed by atoms with van der Waals surface area (Å²) >= 11 is 6.37. The van der Waals surface area contributed by atoms with Gasteiger partial charge in [0.1, 0.15) is 6.07 Å². The fraction of sp³-hybridized carbons (Fsp3) is 0.219. The highest BCUT2D eigenvalue weighted by Gasteiger charge is 2.24. The predicted molar refractivity (Wildman–Crippen MR) is 163 cm³/mol. The van der Waals surface area contributed by atoms with Gasteiger partial charge in [-0.3, -0.25) is 28.8 Å². The Balaban J connectivity index is 1.44. The van der Waals surface area contributed by atoms with Crippen molar-refractivity contribution in [3.63, 3.8) is 0 Å². The van der Waals surface area contributed by atoms with E-state index in [-0.39, 0.29) is 17.4 Å². The van der Waals surface area contributed by atoms with Crippen molar-refractivity contribution in [2.45, 2.75) is 32.2 Å². The second-order valence-corrected chi connectivity index (χ2v) is 11.1. The molecule has 0 saturated heterocycles. The van der Waals surface area contributed by atoms with Crippen LogP contribution in [0.2, 0.25) is 5.02 Å². The van der Waals surface area contributed by atoms with Gasteiger partial charge in [-0.05, 0) is 48.7 Å². The number of pyridine rings is 2. The van der Waals surface area contributed by atoms with Crippen molar-refractivity contribution in [1.29, 1.82) is 5.26 Å². The van der Waals surface area contributed by atoms with Crippen molar-refractivity contribution in [3.05, 3.63) is 100 Å². The zero-order valence-corrected chi connectivity index (χ0v) is 24.3. The van der Waals surface area contributed by atoms with Gasteiger partial charge in [-0.2, -0.15) is 10.4 Å². The van der Waals surface area contributed by atoms with Crippen LogP contribution in [0.3, 0.4) is 0 Å². The maximum atomic E-state index is 13.8. The van der Waals surface area contributed by atoms with E-state index in [2.05, 4.69) is 26.5 Å². The molecule has 1 aliphatic rings. The Morgan fingerprint density at radius 3 is 2.67 bits per heavy atom. The summed E-state index contributed by atoms with van der Waals surface area (Å²) in [5.74, 6) is -0.302. The number of carbonyl (C=O) groups is 1. The Morgan fingerprint density at radius 2 is 1.86 bits per heavy atom. The molecule has 0 aliphatic carbocycles. The number of nitrogens with zero attached hydrogens (tertiary/aromatic N) is 7. The van der Waals surface area contributed by atoms with Crippen LogP contribution in [-0.4, -0.2) is 35.2 Å². The number of benzene rings is 1. The quantitative estimate of drug-likeness (QED) is 0.287. The first-order chi connectivity index (χ1) is 20.8. The molecular weight excluding hydrogens is 564 g/mol. The van der Waals surface area contributed by atoms with Gasteiger partial charge in [0, 0.05) is 59.3 Å². The minimum absolute atomic E-state index is 0.0725. The van der Waals surface area contributed by atoms with Gasteiger partial charge in [0.2, 0.25) is 5.91 Å². The zero-order chi connectivity index (χ0) is 30.1. The molecule has 5 heterocycles. The number of rotatable bonds is 3. The van der Waals surface area contributed by atoms with Gasteiger partial charge in [-0.25, -0.2) is 4.98 Å². The molecule has 4 aromatic heterocycles. The van der Waals surface area contributed by atoms with E-state index in [0.717, 1.165) is 16.8 Å². The summed E-state index contributed by atoms with van der Waals surface area (Å²) in [6.07, 6.45) is 9.97. The fourth-order valence-corrected chi connectivity index (χ4v) is 5.68. The molecule has 0 spiro atoms. The number of halogens is 1. The number of nitriles is 1. The molecule has 2 atom stereocenters. The summed E-state index contributed by atoms with van der Waals surface area (Å²) < 4.78 is 3.31. The number of amides is 1. The molecule has 214 valence electrons. The number of aromatic nitrogens is 6. The first kappa shape index (κ1) is 28.0. The second kappa shape index (κ2) is 11.6. The van der Waals surface area contributed by atoms with Crippen molar-refractivity contribution in [1.82, 2.24) is 29.3 Å². The molecule has 1 N–H and O–H groups in total. The summed E-state index contributed by atoms with van der Waals surface area (Å²) in [5, 5.41) is 17.2. The third-order valence-corrected chi connectivity index (χ3v) is 8.00. The maximum Gasteiger partial charge on any atom is 0.254 e. The van der Waals surface area contributed by atoms with E-state index in [1.54, 1.807) is 52.4 Å². The number of hydrogen-bond acceptors (Lipinski definition) is 7. The van der Waals surface area contributed by atoms with Gasteiger partial charge in [0.05, 0.1) is 46.9 Å². The van der Waals surface area contributed by atoms with E-state index in [4.69, 9.17) is 16.6 Å². The highest BCUT2D eigenvalue weighted by atomic mass is 35.5. The van der Waals surface area contributed by atoms with Crippen LogP contribution in [0.4, 0.5) is 5.69 Å². The highest BCUT2D eigenvalue weighted by molar-refractivity contribution is 6.31. The molecular formula is C32H27ClN8O2. The Hall–Kier alpha value is -5.14. The van der Waals surface area contributed by atoms with E-state index in [1.807, 2.05) is 32.2 Å². The average molecular weight is 591 g/mol. The van der Waals surface area contributed by atoms with Crippen molar-refractivity contribution >= 4 is 23.2 Å². The number of carbonyl (C=O) groups excluding carboxylic acids is 1. The van der Waals surface area contributed by atoms with Crippen LogP contribution in [0.15, 0.2) is 78.4 Å². The first-order valence-electron chi connectivity index (χ1n) is 13.8. The SMILES string of the molecule is CC1CCCC(n2cnc(-c3cc(Cl)ccc3-c3cncc(C#N)c3)cc2=O)c2cc(ccn2)-c2c(cnn2C)NC1=O.